The number of nitrogens with zero attached hydrogens (tertiary/aromatic N) is 4. The molecule has 6 heteroatoms. The summed E-state index contributed by atoms with van der Waals surface area (Å²) in [6, 6.07) is 6.17. The minimum Gasteiger partial charge on any atom is -0.484 e. The summed E-state index contributed by atoms with van der Waals surface area (Å²) in [5, 5.41) is 8.38. The van der Waals surface area contributed by atoms with Crippen molar-refractivity contribution < 1.29 is 9.53 Å². The lowest BCUT2D eigenvalue weighted by Gasteiger charge is -2.27. The molecule has 126 valence electrons. The van der Waals surface area contributed by atoms with Crippen LogP contribution in [0.3, 0.4) is 0 Å². The molecule has 2 heterocycles. The Balaban J connectivity index is 1.37. The van der Waals surface area contributed by atoms with E-state index in [1.807, 2.05) is 6.07 Å². The van der Waals surface area contributed by atoms with Crippen molar-refractivity contribution in [3.05, 3.63) is 41.0 Å². The normalized spacial score (nSPS) is 16.0. The summed E-state index contributed by atoms with van der Waals surface area (Å²) in [6.45, 7) is 4.10. The fraction of sp³-hybridized carbons (Fsp3) is 0.500. The van der Waals surface area contributed by atoms with Gasteiger partial charge in [-0.1, -0.05) is 13.0 Å². The third-order valence-electron chi connectivity index (χ3n) is 4.93. The maximum absolute atomic E-state index is 12.4. The molecule has 2 aliphatic rings. The molecule has 0 radical (unpaired) electrons. The van der Waals surface area contributed by atoms with Gasteiger partial charge in [-0.25, -0.2) is 0 Å². The second-order valence-corrected chi connectivity index (χ2v) is 6.43. The zero-order valence-corrected chi connectivity index (χ0v) is 14.0. The summed E-state index contributed by atoms with van der Waals surface area (Å²) < 4.78 is 7.84. The first-order valence-electron chi connectivity index (χ1n) is 8.68. The molecule has 0 fully saturated rings. The molecule has 4 rings (SSSR count). The van der Waals surface area contributed by atoms with Gasteiger partial charge in [0, 0.05) is 19.5 Å². The van der Waals surface area contributed by atoms with Gasteiger partial charge in [0.05, 0.1) is 6.54 Å². The molecule has 0 unspecified atom stereocenters. The summed E-state index contributed by atoms with van der Waals surface area (Å²) in [6.07, 6.45) is 4.35. The van der Waals surface area contributed by atoms with Gasteiger partial charge in [-0.15, -0.1) is 10.2 Å². The Kier molecular flexibility index (Phi) is 3.96. The van der Waals surface area contributed by atoms with Crippen molar-refractivity contribution >= 4 is 5.91 Å². The van der Waals surface area contributed by atoms with E-state index in [2.05, 4.69) is 33.8 Å². The van der Waals surface area contributed by atoms with Gasteiger partial charge >= 0.3 is 0 Å². The molecule has 1 aromatic carbocycles. The number of rotatable bonds is 4. The highest BCUT2D eigenvalue weighted by Crippen LogP contribution is 2.26. The summed E-state index contributed by atoms with van der Waals surface area (Å²) in [5.74, 6) is 2.65. The van der Waals surface area contributed by atoms with E-state index in [4.69, 9.17) is 4.74 Å². The number of aryl methyl sites for hydroxylation is 3. The number of benzene rings is 1. The Labute approximate surface area is 141 Å². The average Bonchev–Trinajstić information content (AvgIpc) is 3.24. The summed E-state index contributed by atoms with van der Waals surface area (Å²) in [4.78, 5) is 14.2. The summed E-state index contributed by atoms with van der Waals surface area (Å²) in [5.41, 5.74) is 2.77. The summed E-state index contributed by atoms with van der Waals surface area (Å²) in [7, 11) is 0. The number of aromatic nitrogens is 3. The predicted molar refractivity (Wildman–Crippen MR) is 88.8 cm³/mol. The van der Waals surface area contributed by atoms with Gasteiger partial charge in [0.25, 0.3) is 5.91 Å². The van der Waals surface area contributed by atoms with Gasteiger partial charge in [-0.05, 0) is 42.5 Å². The van der Waals surface area contributed by atoms with Crippen molar-refractivity contribution in [3.63, 3.8) is 0 Å². The SMILES string of the molecule is CCc1nnc2n1CCN(C(=O)COc1ccc3c(c1)CCC3)C2. The molecule has 1 aliphatic carbocycles. The summed E-state index contributed by atoms with van der Waals surface area (Å²) >= 11 is 0. The highest BCUT2D eigenvalue weighted by Gasteiger charge is 2.24. The Morgan fingerprint density at radius 3 is 2.96 bits per heavy atom. The van der Waals surface area contributed by atoms with Crippen molar-refractivity contribution in [1.82, 2.24) is 19.7 Å². The van der Waals surface area contributed by atoms with Crippen LogP contribution in [0.1, 0.15) is 36.1 Å². The molecule has 1 aliphatic heterocycles. The van der Waals surface area contributed by atoms with Crippen LogP contribution in [0.25, 0.3) is 0 Å². The van der Waals surface area contributed by atoms with Gasteiger partial charge < -0.3 is 14.2 Å². The zero-order chi connectivity index (χ0) is 16.5. The molecular weight excluding hydrogens is 304 g/mol. The molecule has 0 atom stereocenters. The van der Waals surface area contributed by atoms with Crippen LogP contribution >= 0.6 is 0 Å². The van der Waals surface area contributed by atoms with Gasteiger partial charge in [-0.3, -0.25) is 4.79 Å². The Hall–Kier alpha value is -2.37. The molecular formula is C18H22N4O2. The largest absolute Gasteiger partial charge is 0.484 e. The average molecular weight is 326 g/mol. The predicted octanol–water partition coefficient (Wildman–Crippen LogP) is 1.75. The minimum atomic E-state index is 0.00259. The van der Waals surface area contributed by atoms with Crippen LogP contribution in [-0.2, 0) is 37.1 Å². The molecule has 0 spiro atoms. The highest BCUT2D eigenvalue weighted by molar-refractivity contribution is 5.77. The molecule has 0 saturated heterocycles. The third kappa shape index (κ3) is 2.77. The fourth-order valence-corrected chi connectivity index (χ4v) is 3.57. The second-order valence-electron chi connectivity index (χ2n) is 6.43. The van der Waals surface area contributed by atoms with Crippen molar-refractivity contribution in [2.24, 2.45) is 0 Å². The molecule has 1 aromatic heterocycles. The van der Waals surface area contributed by atoms with Crippen LogP contribution in [0.4, 0.5) is 0 Å². The molecule has 0 N–H and O–H groups in total. The maximum atomic E-state index is 12.4. The quantitative estimate of drug-likeness (QED) is 0.859. The third-order valence-corrected chi connectivity index (χ3v) is 4.93. The number of hydrogen-bond acceptors (Lipinski definition) is 4. The first-order valence-corrected chi connectivity index (χ1v) is 8.68. The Morgan fingerprint density at radius 1 is 1.21 bits per heavy atom. The fourth-order valence-electron chi connectivity index (χ4n) is 3.57. The van der Waals surface area contributed by atoms with E-state index in [1.165, 1.54) is 17.5 Å². The van der Waals surface area contributed by atoms with Crippen LogP contribution in [0.5, 0.6) is 5.75 Å². The van der Waals surface area contributed by atoms with Crippen LogP contribution in [0.2, 0.25) is 0 Å². The standard InChI is InChI=1S/C18H22N4O2/c1-2-16-19-20-17-11-21(8-9-22(16)17)18(23)12-24-15-7-6-13-4-3-5-14(13)10-15/h6-7,10H,2-5,8-9,11-12H2,1H3. The molecule has 6 nitrogen and oxygen atoms in total. The Bertz CT molecular complexity index is 768. The van der Waals surface area contributed by atoms with Gasteiger partial charge in [-0.2, -0.15) is 0 Å². The van der Waals surface area contributed by atoms with Gasteiger partial charge in [0.1, 0.15) is 11.6 Å². The van der Waals surface area contributed by atoms with Crippen molar-refractivity contribution in [2.45, 2.75) is 45.7 Å². The molecule has 1 amide bonds. The Morgan fingerprint density at radius 2 is 2.08 bits per heavy atom. The smallest absolute Gasteiger partial charge is 0.260 e. The maximum Gasteiger partial charge on any atom is 0.260 e. The lowest BCUT2D eigenvalue weighted by atomic mass is 10.1. The molecule has 2 aromatic rings. The van der Waals surface area contributed by atoms with Crippen LogP contribution in [0.15, 0.2) is 18.2 Å². The monoisotopic (exact) mass is 326 g/mol. The van der Waals surface area contributed by atoms with E-state index < -0.39 is 0 Å². The number of amides is 1. The van der Waals surface area contributed by atoms with Crippen LogP contribution < -0.4 is 4.74 Å². The van der Waals surface area contributed by atoms with E-state index >= 15 is 0 Å². The first-order chi connectivity index (χ1) is 11.7. The lowest BCUT2D eigenvalue weighted by molar-refractivity contribution is -0.134. The number of hydrogen-bond donors (Lipinski definition) is 0. The highest BCUT2D eigenvalue weighted by atomic mass is 16.5. The molecule has 0 saturated carbocycles. The van der Waals surface area contributed by atoms with Crippen molar-refractivity contribution in [3.8, 4) is 5.75 Å². The van der Waals surface area contributed by atoms with Crippen LogP contribution in [0, 0.1) is 0 Å². The molecule has 0 bridgehead atoms. The zero-order valence-electron chi connectivity index (χ0n) is 14.0. The van der Waals surface area contributed by atoms with E-state index in [0.29, 0.717) is 13.1 Å². The van der Waals surface area contributed by atoms with Gasteiger partial charge in [0.2, 0.25) is 0 Å². The van der Waals surface area contributed by atoms with E-state index in [1.54, 1.807) is 4.90 Å². The first kappa shape index (κ1) is 15.2. The van der Waals surface area contributed by atoms with E-state index in [0.717, 1.165) is 43.2 Å². The molecule has 24 heavy (non-hydrogen) atoms. The minimum absolute atomic E-state index is 0.00259. The van der Waals surface area contributed by atoms with Crippen molar-refractivity contribution in [2.75, 3.05) is 13.2 Å². The van der Waals surface area contributed by atoms with E-state index in [9.17, 15) is 4.79 Å². The lowest BCUT2D eigenvalue weighted by Crippen LogP contribution is -2.41. The van der Waals surface area contributed by atoms with Crippen molar-refractivity contribution in [1.29, 1.82) is 0 Å². The number of carbonyl (C=O) groups excluding carboxylic acids is 1. The number of carbonyl (C=O) groups is 1. The van der Waals surface area contributed by atoms with Gasteiger partial charge in [0.15, 0.2) is 12.4 Å². The second kappa shape index (κ2) is 6.26. The van der Waals surface area contributed by atoms with E-state index in [-0.39, 0.29) is 12.5 Å². The number of ether oxygens (including phenoxy) is 1. The van der Waals surface area contributed by atoms with Crippen LogP contribution in [-0.4, -0.2) is 38.7 Å². The number of fused-ring (bicyclic) bond motifs is 2. The topological polar surface area (TPSA) is 60.2 Å².